The van der Waals surface area contributed by atoms with Crippen LogP contribution in [0.2, 0.25) is 0 Å². The number of benzene rings is 1. The van der Waals surface area contributed by atoms with Crippen molar-refractivity contribution < 1.29 is 9.69 Å². The number of carbonyl (C=O) groups is 1. The molecule has 0 radical (unpaired) electrons. The van der Waals surface area contributed by atoms with Crippen LogP contribution in [0.25, 0.3) is 0 Å². The van der Waals surface area contributed by atoms with E-state index >= 15 is 0 Å². The van der Waals surface area contributed by atoms with Gasteiger partial charge in [-0.05, 0) is 56.7 Å². The molecule has 4 heteroatoms. The Morgan fingerprint density at radius 1 is 1.33 bits per heavy atom. The zero-order valence-electron chi connectivity index (χ0n) is 13.2. The maximum Gasteiger partial charge on any atom is 0.251 e. The fourth-order valence-electron chi connectivity index (χ4n) is 2.99. The highest BCUT2D eigenvalue weighted by Crippen LogP contribution is 2.14. The molecule has 0 spiro atoms. The number of amides is 1. The summed E-state index contributed by atoms with van der Waals surface area (Å²) in [7, 11) is 0. The molecular weight excluding hydrogens is 280 g/mol. The molecule has 1 unspecified atom stereocenters. The lowest BCUT2D eigenvalue weighted by Gasteiger charge is -2.30. The number of nitrogens with one attached hydrogen (secondary N) is 2. The van der Waals surface area contributed by atoms with E-state index < -0.39 is 0 Å². The van der Waals surface area contributed by atoms with E-state index in [9.17, 15) is 4.79 Å². The van der Waals surface area contributed by atoms with E-state index in [1.54, 1.807) is 16.7 Å². The number of rotatable bonds is 6. The SMILES string of the molecule is CSc1ccc(C(=O)NCCC[NH+]2CCCC[C@@H]2C)cc1. The zero-order chi connectivity index (χ0) is 15.1. The summed E-state index contributed by atoms with van der Waals surface area (Å²) >= 11 is 1.69. The van der Waals surface area contributed by atoms with Crippen LogP contribution >= 0.6 is 11.8 Å². The lowest BCUT2D eigenvalue weighted by atomic mass is 10.0. The first kappa shape index (κ1) is 16.4. The van der Waals surface area contributed by atoms with E-state index in [4.69, 9.17) is 0 Å². The first-order chi connectivity index (χ1) is 10.2. The Bertz CT molecular complexity index is 447. The highest BCUT2D eigenvalue weighted by molar-refractivity contribution is 7.98. The van der Waals surface area contributed by atoms with E-state index in [2.05, 4.69) is 12.2 Å². The third-order valence-electron chi connectivity index (χ3n) is 4.39. The molecule has 2 rings (SSSR count). The summed E-state index contributed by atoms with van der Waals surface area (Å²) in [5.74, 6) is 0.0457. The third-order valence-corrected chi connectivity index (χ3v) is 5.14. The lowest BCUT2D eigenvalue weighted by molar-refractivity contribution is -0.928. The number of piperidine rings is 1. The summed E-state index contributed by atoms with van der Waals surface area (Å²) < 4.78 is 0. The molecule has 1 aliphatic rings. The van der Waals surface area contributed by atoms with Crippen molar-refractivity contribution in [3.05, 3.63) is 29.8 Å². The van der Waals surface area contributed by atoms with Crippen molar-refractivity contribution in [3.8, 4) is 0 Å². The minimum atomic E-state index is 0.0457. The highest BCUT2D eigenvalue weighted by atomic mass is 32.2. The van der Waals surface area contributed by atoms with Crippen LogP contribution in [-0.4, -0.2) is 37.8 Å². The van der Waals surface area contributed by atoms with Crippen LogP contribution in [0.1, 0.15) is 43.0 Å². The molecule has 0 aliphatic carbocycles. The Labute approximate surface area is 132 Å². The van der Waals surface area contributed by atoms with Crippen LogP contribution in [0.15, 0.2) is 29.2 Å². The average molecular weight is 307 g/mol. The molecule has 21 heavy (non-hydrogen) atoms. The van der Waals surface area contributed by atoms with Crippen molar-refractivity contribution in [2.75, 3.05) is 25.9 Å². The molecule has 0 aromatic heterocycles. The van der Waals surface area contributed by atoms with E-state index in [1.165, 1.54) is 37.2 Å². The maximum absolute atomic E-state index is 12.0. The van der Waals surface area contributed by atoms with Gasteiger partial charge in [-0.3, -0.25) is 4.79 Å². The van der Waals surface area contributed by atoms with E-state index in [1.807, 2.05) is 30.5 Å². The van der Waals surface area contributed by atoms with Crippen LogP contribution < -0.4 is 10.2 Å². The predicted molar refractivity (Wildman–Crippen MR) is 89.2 cm³/mol. The molecule has 0 saturated carbocycles. The topological polar surface area (TPSA) is 33.5 Å². The van der Waals surface area contributed by atoms with Gasteiger partial charge in [0, 0.05) is 23.4 Å². The van der Waals surface area contributed by atoms with Crippen molar-refractivity contribution in [3.63, 3.8) is 0 Å². The van der Waals surface area contributed by atoms with Gasteiger partial charge < -0.3 is 10.2 Å². The quantitative estimate of drug-likeness (QED) is 0.622. The number of hydrogen-bond donors (Lipinski definition) is 2. The highest BCUT2D eigenvalue weighted by Gasteiger charge is 2.20. The Morgan fingerprint density at radius 2 is 2.10 bits per heavy atom. The molecule has 2 atom stereocenters. The van der Waals surface area contributed by atoms with E-state index in [-0.39, 0.29) is 5.91 Å². The fourth-order valence-corrected chi connectivity index (χ4v) is 3.39. The summed E-state index contributed by atoms with van der Waals surface area (Å²) in [6.45, 7) is 5.60. The number of hydrogen-bond acceptors (Lipinski definition) is 2. The summed E-state index contributed by atoms with van der Waals surface area (Å²) in [6, 6.07) is 8.59. The fraction of sp³-hybridized carbons (Fsp3) is 0.588. The van der Waals surface area contributed by atoms with Gasteiger partial charge in [-0.1, -0.05) is 0 Å². The Balaban J connectivity index is 1.68. The summed E-state index contributed by atoms with van der Waals surface area (Å²) in [5, 5.41) is 3.03. The normalized spacial score (nSPS) is 22.0. The van der Waals surface area contributed by atoms with Gasteiger partial charge in [0.05, 0.1) is 19.1 Å². The van der Waals surface area contributed by atoms with Gasteiger partial charge in [0.15, 0.2) is 0 Å². The molecule has 2 N–H and O–H groups in total. The van der Waals surface area contributed by atoms with Gasteiger partial charge >= 0.3 is 0 Å². The van der Waals surface area contributed by atoms with Crippen molar-refractivity contribution in [2.45, 2.75) is 43.5 Å². The molecule has 1 aromatic carbocycles. The third kappa shape index (κ3) is 5.04. The largest absolute Gasteiger partial charge is 0.352 e. The second kappa shape index (κ2) is 8.44. The average Bonchev–Trinajstić information content (AvgIpc) is 2.53. The lowest BCUT2D eigenvalue weighted by Crippen LogP contribution is -3.16. The van der Waals surface area contributed by atoms with Crippen molar-refractivity contribution >= 4 is 17.7 Å². The van der Waals surface area contributed by atoms with Gasteiger partial charge in [-0.15, -0.1) is 11.8 Å². The Morgan fingerprint density at radius 3 is 2.76 bits per heavy atom. The zero-order valence-corrected chi connectivity index (χ0v) is 14.0. The molecule has 1 saturated heterocycles. The number of carbonyl (C=O) groups excluding carboxylic acids is 1. The first-order valence-corrected chi connectivity index (χ1v) is 9.20. The molecule has 1 amide bonds. The van der Waals surface area contributed by atoms with Gasteiger partial charge in [0.1, 0.15) is 0 Å². The van der Waals surface area contributed by atoms with Crippen LogP contribution in [0.5, 0.6) is 0 Å². The second-order valence-electron chi connectivity index (χ2n) is 5.89. The predicted octanol–water partition coefficient (Wildman–Crippen LogP) is 1.99. The maximum atomic E-state index is 12.0. The first-order valence-electron chi connectivity index (χ1n) is 7.97. The van der Waals surface area contributed by atoms with Crippen molar-refractivity contribution in [2.24, 2.45) is 0 Å². The Hall–Kier alpha value is -1.00. The van der Waals surface area contributed by atoms with Crippen LogP contribution in [-0.2, 0) is 0 Å². The number of likely N-dealkylation sites (tertiary alicyclic amines) is 1. The molecule has 0 bridgehead atoms. The van der Waals surface area contributed by atoms with Gasteiger partial charge in [-0.25, -0.2) is 0 Å². The molecule has 1 aromatic rings. The minimum absolute atomic E-state index is 0.0457. The molecule has 1 fully saturated rings. The molecule has 3 nitrogen and oxygen atoms in total. The Kier molecular flexibility index (Phi) is 6.58. The number of quaternary nitrogens is 1. The molecular formula is C17H27N2OS+. The summed E-state index contributed by atoms with van der Waals surface area (Å²) in [6.07, 6.45) is 7.19. The van der Waals surface area contributed by atoms with Crippen LogP contribution in [0.3, 0.4) is 0 Å². The summed E-state index contributed by atoms with van der Waals surface area (Å²) in [5.41, 5.74) is 0.756. The summed E-state index contributed by atoms with van der Waals surface area (Å²) in [4.78, 5) is 14.9. The van der Waals surface area contributed by atoms with E-state index in [0.29, 0.717) is 0 Å². The molecule has 116 valence electrons. The van der Waals surface area contributed by atoms with Crippen molar-refractivity contribution in [1.29, 1.82) is 0 Å². The number of thioether (sulfide) groups is 1. The second-order valence-corrected chi connectivity index (χ2v) is 6.77. The van der Waals surface area contributed by atoms with E-state index in [0.717, 1.165) is 24.6 Å². The minimum Gasteiger partial charge on any atom is -0.352 e. The van der Waals surface area contributed by atoms with Crippen LogP contribution in [0, 0.1) is 0 Å². The molecule has 1 heterocycles. The smallest absolute Gasteiger partial charge is 0.251 e. The van der Waals surface area contributed by atoms with Gasteiger partial charge in [-0.2, -0.15) is 0 Å². The van der Waals surface area contributed by atoms with Gasteiger partial charge in [0.25, 0.3) is 5.91 Å². The monoisotopic (exact) mass is 307 g/mol. The standard InChI is InChI=1S/C17H26N2OS/c1-14-6-3-4-12-19(14)13-5-11-18-17(20)15-7-9-16(21-2)10-8-15/h7-10,14H,3-6,11-13H2,1-2H3,(H,18,20)/p+1/t14-/m0/s1. The van der Waals surface area contributed by atoms with Crippen molar-refractivity contribution in [1.82, 2.24) is 5.32 Å². The van der Waals surface area contributed by atoms with Crippen LogP contribution in [0.4, 0.5) is 0 Å². The van der Waals surface area contributed by atoms with Gasteiger partial charge in [0.2, 0.25) is 0 Å². The molecule has 1 aliphatic heterocycles.